The van der Waals surface area contributed by atoms with Crippen LogP contribution >= 0.6 is 0 Å². The Morgan fingerprint density at radius 1 is 1.19 bits per heavy atom. The van der Waals surface area contributed by atoms with Gasteiger partial charge < -0.3 is 9.73 Å². The molecule has 0 aliphatic rings. The van der Waals surface area contributed by atoms with Gasteiger partial charge in [0, 0.05) is 11.1 Å². The van der Waals surface area contributed by atoms with Gasteiger partial charge in [-0.3, -0.25) is 0 Å². The molecule has 3 rings (SSSR count). The number of rotatable bonds is 4. The number of hydrogen-bond acceptors (Lipinski definition) is 4. The van der Waals surface area contributed by atoms with Gasteiger partial charge in [0.05, 0.1) is 24.9 Å². The van der Waals surface area contributed by atoms with E-state index in [0.717, 1.165) is 22.4 Å². The quantitative estimate of drug-likeness (QED) is 0.800. The lowest BCUT2D eigenvalue weighted by molar-refractivity contribution is 0.385. The molecule has 0 saturated heterocycles. The number of aromatic nitrogens is 3. The standard InChI is InChI=1S/C16H20N4O/c1-16(2,3)17-10-15-12(8-9-21-15)11-20-14-7-5-4-6-13(14)18-19-20/h4-9,17H,10-11H2,1-3H3. The first-order valence-corrected chi connectivity index (χ1v) is 7.11. The number of benzene rings is 1. The van der Waals surface area contributed by atoms with Gasteiger partial charge in [-0.25, -0.2) is 4.68 Å². The molecule has 0 saturated carbocycles. The Kier molecular flexibility index (Phi) is 3.51. The topological polar surface area (TPSA) is 55.9 Å². The Balaban J connectivity index is 1.81. The molecule has 5 nitrogen and oxygen atoms in total. The number of hydrogen-bond donors (Lipinski definition) is 1. The summed E-state index contributed by atoms with van der Waals surface area (Å²) in [4.78, 5) is 0. The van der Waals surface area contributed by atoms with Gasteiger partial charge in [-0.05, 0) is 39.0 Å². The van der Waals surface area contributed by atoms with Gasteiger partial charge in [0.2, 0.25) is 0 Å². The van der Waals surface area contributed by atoms with Crippen molar-refractivity contribution < 1.29 is 4.42 Å². The van der Waals surface area contributed by atoms with Gasteiger partial charge in [0.1, 0.15) is 11.3 Å². The highest BCUT2D eigenvalue weighted by Crippen LogP contribution is 2.16. The summed E-state index contributed by atoms with van der Waals surface area (Å²) in [5, 5.41) is 11.8. The molecule has 0 aliphatic heterocycles. The summed E-state index contributed by atoms with van der Waals surface area (Å²) in [6.45, 7) is 7.79. The summed E-state index contributed by atoms with van der Waals surface area (Å²) in [6.07, 6.45) is 1.73. The highest BCUT2D eigenvalue weighted by Gasteiger charge is 2.14. The second-order valence-corrected chi connectivity index (χ2v) is 6.21. The normalized spacial score (nSPS) is 12.1. The van der Waals surface area contributed by atoms with Crippen molar-refractivity contribution in [2.45, 2.75) is 39.4 Å². The highest BCUT2D eigenvalue weighted by atomic mass is 16.3. The van der Waals surface area contributed by atoms with Crippen LogP contribution in [0.5, 0.6) is 0 Å². The first kappa shape index (κ1) is 13.8. The maximum Gasteiger partial charge on any atom is 0.122 e. The fraction of sp³-hybridized carbons (Fsp3) is 0.375. The summed E-state index contributed by atoms with van der Waals surface area (Å²) >= 11 is 0. The van der Waals surface area contributed by atoms with Crippen LogP contribution in [0.3, 0.4) is 0 Å². The van der Waals surface area contributed by atoms with Crippen molar-refractivity contribution in [1.82, 2.24) is 20.3 Å². The van der Waals surface area contributed by atoms with Crippen LogP contribution in [0.15, 0.2) is 41.0 Å². The molecule has 3 aromatic rings. The van der Waals surface area contributed by atoms with E-state index in [-0.39, 0.29) is 5.54 Å². The average Bonchev–Trinajstić information content (AvgIpc) is 3.04. The predicted octanol–water partition coefficient (Wildman–Crippen LogP) is 2.96. The van der Waals surface area contributed by atoms with Crippen LogP contribution in [-0.4, -0.2) is 20.5 Å². The third-order valence-electron chi connectivity index (χ3n) is 3.36. The molecule has 0 atom stereocenters. The largest absolute Gasteiger partial charge is 0.468 e. The minimum absolute atomic E-state index is 0.0595. The maximum atomic E-state index is 5.60. The van der Waals surface area contributed by atoms with Crippen molar-refractivity contribution in [2.24, 2.45) is 0 Å². The molecule has 2 heterocycles. The zero-order chi connectivity index (χ0) is 14.9. The van der Waals surface area contributed by atoms with E-state index in [1.54, 1.807) is 6.26 Å². The highest BCUT2D eigenvalue weighted by molar-refractivity contribution is 5.73. The third-order valence-corrected chi connectivity index (χ3v) is 3.36. The molecule has 5 heteroatoms. The van der Waals surface area contributed by atoms with Crippen molar-refractivity contribution >= 4 is 11.0 Å². The first-order chi connectivity index (χ1) is 10.0. The van der Waals surface area contributed by atoms with E-state index >= 15 is 0 Å². The lowest BCUT2D eigenvalue weighted by Gasteiger charge is -2.20. The Bertz CT molecular complexity index is 736. The van der Waals surface area contributed by atoms with Crippen LogP contribution < -0.4 is 5.32 Å². The molecule has 0 aliphatic carbocycles. The molecule has 0 radical (unpaired) electrons. The first-order valence-electron chi connectivity index (χ1n) is 7.11. The Morgan fingerprint density at radius 2 is 2.00 bits per heavy atom. The SMILES string of the molecule is CC(C)(C)NCc1occc1Cn1nnc2ccccc21. The van der Waals surface area contributed by atoms with Crippen molar-refractivity contribution in [2.75, 3.05) is 0 Å². The van der Waals surface area contributed by atoms with E-state index in [0.29, 0.717) is 13.1 Å². The predicted molar refractivity (Wildman–Crippen MR) is 81.9 cm³/mol. The number of para-hydroxylation sites is 1. The smallest absolute Gasteiger partial charge is 0.122 e. The van der Waals surface area contributed by atoms with Gasteiger partial charge >= 0.3 is 0 Å². The average molecular weight is 284 g/mol. The molecule has 0 spiro atoms. The van der Waals surface area contributed by atoms with E-state index in [1.165, 1.54) is 0 Å². The monoisotopic (exact) mass is 284 g/mol. The Hall–Kier alpha value is -2.14. The minimum atomic E-state index is 0.0595. The molecule has 2 aromatic heterocycles. The summed E-state index contributed by atoms with van der Waals surface area (Å²) in [7, 11) is 0. The van der Waals surface area contributed by atoms with Crippen LogP contribution in [-0.2, 0) is 13.1 Å². The Morgan fingerprint density at radius 3 is 2.81 bits per heavy atom. The van der Waals surface area contributed by atoms with Gasteiger partial charge in [0.25, 0.3) is 0 Å². The molecule has 0 fully saturated rings. The lowest BCUT2D eigenvalue weighted by Crippen LogP contribution is -2.35. The molecule has 1 N–H and O–H groups in total. The molecular formula is C16H20N4O. The molecule has 0 unspecified atom stereocenters. The second kappa shape index (κ2) is 5.33. The van der Waals surface area contributed by atoms with Crippen LogP contribution in [0.4, 0.5) is 0 Å². The van der Waals surface area contributed by atoms with E-state index in [2.05, 4.69) is 36.4 Å². The minimum Gasteiger partial charge on any atom is -0.468 e. The van der Waals surface area contributed by atoms with Crippen LogP contribution in [0, 0.1) is 0 Å². The number of nitrogens with one attached hydrogen (secondary N) is 1. The molecule has 21 heavy (non-hydrogen) atoms. The summed E-state index contributed by atoms with van der Waals surface area (Å²) in [5.74, 6) is 0.949. The lowest BCUT2D eigenvalue weighted by atomic mass is 10.1. The van der Waals surface area contributed by atoms with Gasteiger partial charge in [-0.15, -0.1) is 5.10 Å². The van der Waals surface area contributed by atoms with E-state index in [1.807, 2.05) is 35.0 Å². The van der Waals surface area contributed by atoms with Crippen LogP contribution in [0.2, 0.25) is 0 Å². The van der Waals surface area contributed by atoms with Crippen molar-refractivity contribution in [3.8, 4) is 0 Å². The number of furan rings is 1. The van der Waals surface area contributed by atoms with Crippen molar-refractivity contribution in [1.29, 1.82) is 0 Å². The van der Waals surface area contributed by atoms with E-state index < -0.39 is 0 Å². The molecular weight excluding hydrogens is 264 g/mol. The fourth-order valence-electron chi connectivity index (χ4n) is 2.20. The second-order valence-electron chi connectivity index (χ2n) is 6.21. The van der Waals surface area contributed by atoms with Gasteiger partial charge in [-0.1, -0.05) is 17.3 Å². The molecule has 0 bridgehead atoms. The number of nitrogens with zero attached hydrogens (tertiary/aromatic N) is 3. The zero-order valence-corrected chi connectivity index (χ0v) is 12.6. The zero-order valence-electron chi connectivity index (χ0n) is 12.6. The van der Waals surface area contributed by atoms with Crippen LogP contribution in [0.1, 0.15) is 32.1 Å². The van der Waals surface area contributed by atoms with Crippen molar-refractivity contribution in [3.63, 3.8) is 0 Å². The Labute approximate surface area is 123 Å². The van der Waals surface area contributed by atoms with Crippen LogP contribution in [0.25, 0.3) is 11.0 Å². The van der Waals surface area contributed by atoms with E-state index in [4.69, 9.17) is 4.42 Å². The maximum absolute atomic E-state index is 5.60. The van der Waals surface area contributed by atoms with Gasteiger partial charge in [-0.2, -0.15) is 0 Å². The molecule has 110 valence electrons. The van der Waals surface area contributed by atoms with Gasteiger partial charge in [0.15, 0.2) is 0 Å². The number of fused-ring (bicyclic) bond motifs is 1. The summed E-state index contributed by atoms with van der Waals surface area (Å²) in [6, 6.07) is 9.96. The molecule has 1 aromatic carbocycles. The summed E-state index contributed by atoms with van der Waals surface area (Å²) in [5.41, 5.74) is 3.13. The van der Waals surface area contributed by atoms with Crippen molar-refractivity contribution in [3.05, 3.63) is 47.9 Å². The summed E-state index contributed by atoms with van der Waals surface area (Å²) < 4.78 is 7.50. The third kappa shape index (κ3) is 3.13. The van der Waals surface area contributed by atoms with E-state index in [9.17, 15) is 0 Å². The molecule has 0 amide bonds. The fourth-order valence-corrected chi connectivity index (χ4v) is 2.20.